The number of nitrogens with zero attached hydrogens (tertiary/aromatic N) is 2. The Bertz CT molecular complexity index is 452. The van der Waals surface area contributed by atoms with Gasteiger partial charge in [0.05, 0.1) is 5.60 Å². The second kappa shape index (κ2) is 6.77. The summed E-state index contributed by atoms with van der Waals surface area (Å²) in [6.45, 7) is 2.90. The second-order valence-electron chi connectivity index (χ2n) is 7.27. The van der Waals surface area contributed by atoms with E-state index >= 15 is 0 Å². The SMILES string of the molecule is CN(C)C(=O)[C@H]1CCC2(CCN(C(=O)C3CCOCC3)CC2)O1. The summed E-state index contributed by atoms with van der Waals surface area (Å²) < 4.78 is 11.5. The molecule has 130 valence electrons. The molecule has 3 fully saturated rings. The number of piperidine rings is 1. The molecule has 0 N–H and O–H groups in total. The van der Waals surface area contributed by atoms with Gasteiger partial charge in [-0.2, -0.15) is 0 Å². The standard InChI is InChI=1S/C17H28N2O4/c1-18(2)16(21)14-3-6-17(23-14)7-9-19(10-8-17)15(20)13-4-11-22-12-5-13/h13-14H,3-12H2,1-2H3/t14-/m1/s1. The van der Waals surface area contributed by atoms with Crippen LogP contribution in [0.3, 0.4) is 0 Å². The normalized spacial score (nSPS) is 28.1. The molecule has 3 heterocycles. The summed E-state index contributed by atoms with van der Waals surface area (Å²) in [6, 6.07) is 0. The monoisotopic (exact) mass is 324 g/mol. The van der Waals surface area contributed by atoms with Crippen molar-refractivity contribution in [1.82, 2.24) is 9.80 Å². The van der Waals surface area contributed by atoms with Gasteiger partial charge in [0.25, 0.3) is 5.91 Å². The number of hydrogen-bond donors (Lipinski definition) is 0. The first-order valence-corrected chi connectivity index (χ1v) is 8.76. The van der Waals surface area contributed by atoms with Crippen molar-refractivity contribution in [2.45, 2.75) is 50.2 Å². The molecule has 0 aromatic rings. The van der Waals surface area contributed by atoms with Crippen LogP contribution >= 0.6 is 0 Å². The van der Waals surface area contributed by atoms with Gasteiger partial charge in [-0.3, -0.25) is 9.59 Å². The first-order valence-electron chi connectivity index (χ1n) is 8.76. The molecule has 0 radical (unpaired) electrons. The van der Waals surface area contributed by atoms with Crippen molar-refractivity contribution < 1.29 is 19.1 Å². The zero-order chi connectivity index (χ0) is 16.4. The molecule has 3 saturated heterocycles. The fraction of sp³-hybridized carbons (Fsp3) is 0.882. The molecule has 3 rings (SSSR count). The van der Waals surface area contributed by atoms with E-state index in [1.165, 1.54) is 0 Å². The molecule has 0 unspecified atom stereocenters. The molecule has 3 aliphatic heterocycles. The van der Waals surface area contributed by atoms with E-state index in [-0.39, 0.29) is 29.4 Å². The summed E-state index contributed by atoms with van der Waals surface area (Å²) in [5.41, 5.74) is -0.192. The number of carbonyl (C=O) groups excluding carboxylic acids is 2. The highest BCUT2D eigenvalue weighted by atomic mass is 16.5. The molecule has 0 aliphatic carbocycles. The van der Waals surface area contributed by atoms with Gasteiger partial charge in [0.2, 0.25) is 5.91 Å². The Morgan fingerprint density at radius 3 is 2.30 bits per heavy atom. The number of likely N-dealkylation sites (N-methyl/N-ethyl adjacent to an activating group) is 1. The van der Waals surface area contributed by atoms with Crippen LogP contribution in [0.25, 0.3) is 0 Å². The Morgan fingerprint density at radius 2 is 1.70 bits per heavy atom. The van der Waals surface area contributed by atoms with Gasteiger partial charge in [-0.1, -0.05) is 0 Å². The minimum Gasteiger partial charge on any atom is -0.381 e. The number of hydrogen-bond acceptors (Lipinski definition) is 4. The summed E-state index contributed by atoms with van der Waals surface area (Å²) in [4.78, 5) is 28.3. The van der Waals surface area contributed by atoms with Crippen LogP contribution < -0.4 is 0 Å². The summed E-state index contributed by atoms with van der Waals surface area (Å²) in [5.74, 6) is 0.468. The van der Waals surface area contributed by atoms with E-state index in [1.54, 1.807) is 19.0 Å². The number of ether oxygens (including phenoxy) is 2. The van der Waals surface area contributed by atoms with Crippen LogP contribution in [0.15, 0.2) is 0 Å². The molecule has 6 nitrogen and oxygen atoms in total. The molecule has 2 amide bonds. The van der Waals surface area contributed by atoms with E-state index in [0.29, 0.717) is 13.2 Å². The average Bonchev–Trinajstić information content (AvgIpc) is 2.98. The Morgan fingerprint density at radius 1 is 1.04 bits per heavy atom. The molecule has 0 bridgehead atoms. The third kappa shape index (κ3) is 3.53. The average molecular weight is 324 g/mol. The third-order valence-corrected chi connectivity index (χ3v) is 5.53. The topological polar surface area (TPSA) is 59.1 Å². The summed E-state index contributed by atoms with van der Waals surface area (Å²) in [7, 11) is 3.54. The van der Waals surface area contributed by atoms with E-state index < -0.39 is 0 Å². The minimum atomic E-state index is -0.303. The fourth-order valence-electron chi connectivity index (χ4n) is 3.98. The third-order valence-electron chi connectivity index (χ3n) is 5.53. The molecular weight excluding hydrogens is 296 g/mol. The molecule has 0 saturated carbocycles. The Labute approximate surface area is 138 Å². The van der Waals surface area contributed by atoms with Crippen LogP contribution in [0.4, 0.5) is 0 Å². The van der Waals surface area contributed by atoms with Crippen LogP contribution in [-0.2, 0) is 19.1 Å². The molecule has 1 atom stereocenters. The lowest BCUT2D eigenvalue weighted by Gasteiger charge is -2.40. The van der Waals surface area contributed by atoms with Gasteiger partial charge in [-0.15, -0.1) is 0 Å². The summed E-state index contributed by atoms with van der Waals surface area (Å²) in [6.07, 6.45) is 4.80. The zero-order valence-corrected chi connectivity index (χ0v) is 14.3. The quantitative estimate of drug-likeness (QED) is 0.761. The Hall–Kier alpha value is -1.14. The van der Waals surface area contributed by atoms with Crippen molar-refractivity contribution >= 4 is 11.8 Å². The fourth-order valence-corrected chi connectivity index (χ4v) is 3.98. The van der Waals surface area contributed by atoms with Crippen molar-refractivity contribution in [1.29, 1.82) is 0 Å². The first kappa shape index (κ1) is 16.7. The predicted molar refractivity (Wildman–Crippen MR) is 84.9 cm³/mol. The maximum atomic E-state index is 12.6. The second-order valence-corrected chi connectivity index (χ2v) is 7.27. The van der Waals surface area contributed by atoms with Crippen LogP contribution in [0.5, 0.6) is 0 Å². The van der Waals surface area contributed by atoms with E-state index in [9.17, 15) is 9.59 Å². The zero-order valence-electron chi connectivity index (χ0n) is 14.3. The molecule has 6 heteroatoms. The summed E-state index contributed by atoms with van der Waals surface area (Å²) >= 11 is 0. The molecule has 0 aromatic carbocycles. The molecule has 1 spiro atoms. The van der Waals surface area contributed by atoms with Gasteiger partial charge in [0.1, 0.15) is 6.10 Å². The number of carbonyl (C=O) groups is 2. The van der Waals surface area contributed by atoms with Gasteiger partial charge >= 0.3 is 0 Å². The number of amides is 2. The lowest BCUT2D eigenvalue weighted by molar-refractivity contribution is -0.153. The molecule has 0 aromatic heterocycles. The van der Waals surface area contributed by atoms with Gasteiger partial charge in [-0.05, 0) is 38.5 Å². The Kier molecular flexibility index (Phi) is 4.92. The van der Waals surface area contributed by atoms with Crippen molar-refractivity contribution in [3.8, 4) is 0 Å². The van der Waals surface area contributed by atoms with E-state index in [2.05, 4.69) is 0 Å². The van der Waals surface area contributed by atoms with Crippen molar-refractivity contribution in [3.05, 3.63) is 0 Å². The van der Waals surface area contributed by atoms with E-state index in [0.717, 1.165) is 51.6 Å². The van der Waals surface area contributed by atoms with Gasteiger partial charge in [0.15, 0.2) is 0 Å². The van der Waals surface area contributed by atoms with Crippen molar-refractivity contribution in [2.75, 3.05) is 40.4 Å². The number of likely N-dealkylation sites (tertiary alicyclic amines) is 1. The summed E-state index contributed by atoms with van der Waals surface area (Å²) in [5, 5.41) is 0. The van der Waals surface area contributed by atoms with Crippen LogP contribution in [0.2, 0.25) is 0 Å². The van der Waals surface area contributed by atoms with Crippen LogP contribution in [0.1, 0.15) is 38.5 Å². The lowest BCUT2D eigenvalue weighted by Crippen LogP contribution is -2.49. The van der Waals surface area contributed by atoms with Crippen LogP contribution in [-0.4, -0.2) is 73.7 Å². The minimum absolute atomic E-state index is 0.0580. The van der Waals surface area contributed by atoms with Crippen molar-refractivity contribution in [2.24, 2.45) is 5.92 Å². The van der Waals surface area contributed by atoms with Gasteiger partial charge < -0.3 is 19.3 Å². The molecular formula is C17H28N2O4. The highest BCUT2D eigenvalue weighted by Gasteiger charge is 2.46. The molecule has 23 heavy (non-hydrogen) atoms. The first-order chi connectivity index (χ1) is 11.0. The predicted octanol–water partition coefficient (Wildman–Crippen LogP) is 1.04. The van der Waals surface area contributed by atoms with E-state index in [1.807, 2.05) is 4.90 Å². The van der Waals surface area contributed by atoms with Gasteiger partial charge in [-0.25, -0.2) is 0 Å². The van der Waals surface area contributed by atoms with Crippen molar-refractivity contribution in [3.63, 3.8) is 0 Å². The Balaban J connectivity index is 1.52. The number of rotatable bonds is 2. The smallest absolute Gasteiger partial charge is 0.251 e. The molecule has 3 aliphatic rings. The maximum absolute atomic E-state index is 12.6. The van der Waals surface area contributed by atoms with E-state index in [4.69, 9.17) is 9.47 Å². The van der Waals surface area contributed by atoms with Crippen LogP contribution in [0, 0.1) is 5.92 Å². The maximum Gasteiger partial charge on any atom is 0.251 e. The van der Waals surface area contributed by atoms with Gasteiger partial charge in [0, 0.05) is 46.3 Å². The highest BCUT2D eigenvalue weighted by Crippen LogP contribution is 2.39. The lowest BCUT2D eigenvalue weighted by atomic mass is 9.87. The largest absolute Gasteiger partial charge is 0.381 e. The highest BCUT2D eigenvalue weighted by molar-refractivity contribution is 5.81.